The summed E-state index contributed by atoms with van der Waals surface area (Å²) in [6, 6.07) is 0. The van der Waals surface area contributed by atoms with Crippen molar-refractivity contribution < 1.29 is 19.1 Å². The van der Waals surface area contributed by atoms with Crippen LogP contribution in [0.3, 0.4) is 0 Å². The van der Waals surface area contributed by atoms with Crippen LogP contribution in [0, 0.1) is 0 Å². The largest absolute Gasteiger partial charge is 0.473 e. The molecule has 0 unspecified atom stereocenters. The summed E-state index contributed by atoms with van der Waals surface area (Å²) in [5.41, 5.74) is -1.33. The molecule has 0 radical (unpaired) electrons. The van der Waals surface area contributed by atoms with E-state index in [4.69, 9.17) is 9.47 Å². The fraction of sp³-hybridized carbons (Fsp3) is 0.636. The molecule has 0 N–H and O–H groups in total. The van der Waals surface area contributed by atoms with Crippen LogP contribution in [0.15, 0.2) is 12.0 Å². The van der Waals surface area contributed by atoms with E-state index in [1.54, 1.807) is 34.6 Å². The van der Waals surface area contributed by atoms with Crippen molar-refractivity contribution in [3.8, 4) is 0 Å². The first kappa shape index (κ1) is 12.5. The van der Waals surface area contributed by atoms with Gasteiger partial charge >= 0.3 is 6.09 Å². The Kier molecular flexibility index (Phi) is 2.99. The van der Waals surface area contributed by atoms with Crippen LogP contribution >= 0.6 is 0 Å². The second kappa shape index (κ2) is 3.81. The van der Waals surface area contributed by atoms with Crippen LogP contribution in [0.2, 0.25) is 0 Å². The minimum absolute atomic E-state index is 0.166. The smallest absolute Gasteiger partial charge is 0.418 e. The highest BCUT2D eigenvalue weighted by molar-refractivity contribution is 5.83. The second-order valence-corrected chi connectivity index (χ2v) is 5.04. The molecule has 0 saturated heterocycles. The predicted octanol–water partition coefficient (Wildman–Crippen LogP) is 2.03. The normalized spacial score (nSPS) is 18.8. The van der Waals surface area contributed by atoms with E-state index in [1.807, 2.05) is 0 Å². The first-order valence-electron chi connectivity index (χ1n) is 5.04. The first-order valence-corrected chi connectivity index (χ1v) is 5.04. The van der Waals surface area contributed by atoms with Gasteiger partial charge in [-0.1, -0.05) is 0 Å². The van der Waals surface area contributed by atoms with E-state index in [0.717, 1.165) is 0 Å². The van der Waals surface area contributed by atoms with E-state index < -0.39 is 17.4 Å². The molecule has 0 aromatic rings. The average molecular weight is 227 g/mol. The number of nitrogens with zero attached hydrogens (tertiary/aromatic N) is 1. The van der Waals surface area contributed by atoms with Crippen LogP contribution in [0.25, 0.3) is 0 Å². The van der Waals surface area contributed by atoms with Crippen LogP contribution in [-0.4, -0.2) is 28.6 Å². The van der Waals surface area contributed by atoms with Gasteiger partial charge in [-0.3, -0.25) is 4.79 Å². The molecule has 5 nitrogen and oxygen atoms in total. The molecule has 0 aliphatic carbocycles. The summed E-state index contributed by atoms with van der Waals surface area (Å²) >= 11 is 0. The van der Waals surface area contributed by atoms with Gasteiger partial charge in [-0.2, -0.15) is 0 Å². The highest BCUT2D eigenvalue weighted by Crippen LogP contribution is 2.29. The highest BCUT2D eigenvalue weighted by Gasteiger charge is 2.41. The van der Waals surface area contributed by atoms with E-state index in [2.05, 4.69) is 0 Å². The number of allylic oxidation sites excluding steroid dienone is 1. The van der Waals surface area contributed by atoms with E-state index in [0.29, 0.717) is 6.29 Å². The predicted molar refractivity (Wildman–Crippen MR) is 57.4 cm³/mol. The number of hydrogen-bond donors (Lipinski definition) is 0. The highest BCUT2D eigenvalue weighted by atomic mass is 16.6. The molecule has 16 heavy (non-hydrogen) atoms. The lowest BCUT2D eigenvalue weighted by atomic mass is 10.2. The lowest BCUT2D eigenvalue weighted by molar-refractivity contribution is -0.107. The van der Waals surface area contributed by atoms with Crippen LogP contribution in [0.4, 0.5) is 4.79 Å². The molecule has 0 saturated carbocycles. The van der Waals surface area contributed by atoms with E-state index in [-0.39, 0.29) is 5.70 Å². The molecule has 1 aliphatic rings. The van der Waals surface area contributed by atoms with Crippen LogP contribution in [-0.2, 0) is 14.3 Å². The average Bonchev–Trinajstić information content (AvgIpc) is 2.37. The van der Waals surface area contributed by atoms with E-state index in [9.17, 15) is 9.59 Å². The zero-order chi connectivity index (χ0) is 12.6. The lowest BCUT2D eigenvalue weighted by Crippen LogP contribution is -2.46. The molecule has 1 aliphatic heterocycles. The molecule has 5 heteroatoms. The molecule has 0 spiro atoms. The van der Waals surface area contributed by atoms with Gasteiger partial charge < -0.3 is 9.47 Å². The SMILES string of the molecule is CC(C)(C)OC(=O)N1C(C=O)=COC1(C)C. The number of carbonyl (C=O) groups is 2. The number of aldehydes is 1. The quantitative estimate of drug-likeness (QED) is 0.643. The molecule has 90 valence electrons. The molecule has 0 fully saturated rings. The third-order valence-electron chi connectivity index (χ3n) is 1.96. The van der Waals surface area contributed by atoms with E-state index >= 15 is 0 Å². The third kappa shape index (κ3) is 2.53. The Bertz CT molecular complexity index is 338. The molecule has 0 aromatic carbocycles. The first-order chi connectivity index (χ1) is 7.17. The van der Waals surface area contributed by atoms with Crippen molar-refractivity contribution in [1.82, 2.24) is 4.90 Å². The Hall–Kier alpha value is -1.52. The van der Waals surface area contributed by atoms with Gasteiger partial charge in [-0.05, 0) is 34.6 Å². The Morgan fingerprint density at radius 3 is 2.50 bits per heavy atom. The lowest BCUT2D eigenvalue weighted by Gasteiger charge is -2.32. The molecule has 0 atom stereocenters. The minimum atomic E-state index is -0.890. The van der Waals surface area contributed by atoms with Crippen LogP contribution < -0.4 is 0 Å². The molecule has 0 aromatic heterocycles. The zero-order valence-corrected chi connectivity index (χ0v) is 10.2. The Labute approximate surface area is 95.0 Å². The summed E-state index contributed by atoms with van der Waals surface area (Å²) in [7, 11) is 0. The minimum Gasteiger partial charge on any atom is -0.473 e. The maximum atomic E-state index is 11.9. The summed E-state index contributed by atoms with van der Waals surface area (Å²) in [5, 5.41) is 0. The molecular formula is C11H17NO4. The van der Waals surface area contributed by atoms with E-state index in [1.165, 1.54) is 11.2 Å². The molecule has 1 heterocycles. The molecular weight excluding hydrogens is 210 g/mol. The van der Waals surface area contributed by atoms with Crippen molar-refractivity contribution in [2.45, 2.75) is 45.9 Å². The molecule has 0 bridgehead atoms. The number of carbonyl (C=O) groups excluding carboxylic acids is 2. The summed E-state index contributed by atoms with van der Waals surface area (Å²) in [6.45, 7) is 8.66. The summed E-state index contributed by atoms with van der Waals surface area (Å²) in [6.07, 6.45) is 1.24. The van der Waals surface area contributed by atoms with Crippen molar-refractivity contribution in [2.75, 3.05) is 0 Å². The number of hydrogen-bond acceptors (Lipinski definition) is 4. The molecule has 1 amide bonds. The standard InChI is InChI=1S/C11H17NO4/c1-10(2,3)16-9(14)12-8(6-13)7-15-11(12,4)5/h6-7H,1-5H3. The molecule has 1 rings (SSSR count). The second-order valence-electron chi connectivity index (χ2n) is 5.04. The van der Waals surface area contributed by atoms with Gasteiger partial charge in [-0.25, -0.2) is 9.69 Å². The maximum Gasteiger partial charge on any atom is 0.418 e. The topological polar surface area (TPSA) is 55.8 Å². The van der Waals surface area contributed by atoms with Gasteiger partial charge in [0.15, 0.2) is 12.0 Å². The Morgan fingerprint density at radius 2 is 2.06 bits per heavy atom. The Balaban J connectivity index is 2.88. The van der Waals surface area contributed by atoms with Gasteiger partial charge in [0, 0.05) is 0 Å². The third-order valence-corrected chi connectivity index (χ3v) is 1.96. The fourth-order valence-electron chi connectivity index (χ4n) is 1.33. The Morgan fingerprint density at radius 1 is 1.50 bits per heavy atom. The zero-order valence-electron chi connectivity index (χ0n) is 10.2. The fourth-order valence-corrected chi connectivity index (χ4v) is 1.33. The number of amides is 1. The van der Waals surface area contributed by atoms with Crippen molar-refractivity contribution in [1.29, 1.82) is 0 Å². The van der Waals surface area contributed by atoms with Gasteiger partial charge in [0.05, 0.1) is 0 Å². The van der Waals surface area contributed by atoms with Crippen molar-refractivity contribution in [3.63, 3.8) is 0 Å². The van der Waals surface area contributed by atoms with Crippen LogP contribution in [0.1, 0.15) is 34.6 Å². The number of rotatable bonds is 1. The van der Waals surface area contributed by atoms with Crippen molar-refractivity contribution in [3.05, 3.63) is 12.0 Å². The van der Waals surface area contributed by atoms with Crippen molar-refractivity contribution in [2.24, 2.45) is 0 Å². The van der Waals surface area contributed by atoms with Gasteiger partial charge in [-0.15, -0.1) is 0 Å². The monoisotopic (exact) mass is 227 g/mol. The van der Waals surface area contributed by atoms with Gasteiger partial charge in [0.1, 0.15) is 17.6 Å². The van der Waals surface area contributed by atoms with Crippen LogP contribution in [0.5, 0.6) is 0 Å². The summed E-state index contributed by atoms with van der Waals surface area (Å²) in [5.74, 6) is 0. The summed E-state index contributed by atoms with van der Waals surface area (Å²) in [4.78, 5) is 23.8. The van der Waals surface area contributed by atoms with Crippen molar-refractivity contribution >= 4 is 12.4 Å². The maximum absolute atomic E-state index is 11.9. The van der Waals surface area contributed by atoms with Gasteiger partial charge in [0.25, 0.3) is 0 Å². The summed E-state index contributed by atoms with van der Waals surface area (Å²) < 4.78 is 10.4. The van der Waals surface area contributed by atoms with Gasteiger partial charge in [0.2, 0.25) is 0 Å². The number of ether oxygens (including phenoxy) is 2.